The molecule has 3 heteroatoms. The molecular formula is C21H34O3. The van der Waals surface area contributed by atoms with E-state index in [1.165, 1.54) is 31.8 Å². The van der Waals surface area contributed by atoms with Gasteiger partial charge in [0.25, 0.3) is 0 Å². The molecule has 0 aromatic heterocycles. The van der Waals surface area contributed by atoms with Crippen LogP contribution >= 0.6 is 0 Å². The lowest BCUT2D eigenvalue weighted by Gasteiger charge is -2.50. The molecule has 0 spiro atoms. The molecule has 2 fully saturated rings. The third-order valence-corrected chi connectivity index (χ3v) is 7.19. The van der Waals surface area contributed by atoms with Crippen LogP contribution in [0.5, 0.6) is 0 Å². The van der Waals surface area contributed by atoms with E-state index in [0.717, 1.165) is 50.4 Å². The Morgan fingerprint density at radius 3 is 2.79 bits per heavy atom. The summed E-state index contributed by atoms with van der Waals surface area (Å²) >= 11 is 0. The number of allylic oxidation sites excluding steroid dienone is 1. The first-order valence-electron chi connectivity index (χ1n) is 9.95. The van der Waals surface area contributed by atoms with Gasteiger partial charge < -0.3 is 9.84 Å². The molecule has 3 nitrogen and oxygen atoms in total. The molecule has 3 rings (SSSR count). The van der Waals surface area contributed by atoms with E-state index in [-0.39, 0.29) is 23.6 Å². The predicted molar refractivity (Wildman–Crippen MR) is 95.4 cm³/mol. The largest absolute Gasteiger partial charge is 0.462 e. The average Bonchev–Trinajstić information content (AvgIpc) is 2.59. The molecule has 3 aliphatic rings. The second-order valence-corrected chi connectivity index (χ2v) is 8.78. The zero-order chi connectivity index (χ0) is 17.3. The zero-order valence-corrected chi connectivity index (χ0v) is 15.6. The molecule has 0 radical (unpaired) electrons. The summed E-state index contributed by atoms with van der Waals surface area (Å²) in [6, 6.07) is 0. The summed E-state index contributed by atoms with van der Waals surface area (Å²) in [7, 11) is 0. The highest BCUT2D eigenvalue weighted by molar-refractivity contribution is 5.66. The standard InChI is InChI=1S/C21H34O3/c1-14-7-10-19-16(5-4-6-20(14)24-15(2)22)8-9-17-13-18(23)11-12-21(17,19)3/h9,14,16,18-20,23H,4-8,10-13H2,1-3H3/t14-,16+,18-,19-,20+,21-/m0/s1. The Morgan fingerprint density at radius 1 is 1.25 bits per heavy atom. The van der Waals surface area contributed by atoms with Crippen molar-refractivity contribution >= 4 is 5.97 Å². The zero-order valence-electron chi connectivity index (χ0n) is 15.6. The van der Waals surface area contributed by atoms with Gasteiger partial charge in [-0.3, -0.25) is 4.79 Å². The van der Waals surface area contributed by atoms with E-state index >= 15 is 0 Å². The number of esters is 1. The van der Waals surface area contributed by atoms with Crippen molar-refractivity contribution < 1.29 is 14.6 Å². The van der Waals surface area contributed by atoms with Gasteiger partial charge in [0.1, 0.15) is 6.10 Å². The van der Waals surface area contributed by atoms with Gasteiger partial charge in [-0.1, -0.05) is 25.5 Å². The maximum absolute atomic E-state index is 11.4. The number of carbonyl (C=O) groups is 1. The molecular weight excluding hydrogens is 300 g/mol. The van der Waals surface area contributed by atoms with Gasteiger partial charge in [-0.05, 0) is 81.0 Å². The number of rotatable bonds is 1. The van der Waals surface area contributed by atoms with Crippen LogP contribution in [0.15, 0.2) is 11.6 Å². The molecule has 136 valence electrons. The molecule has 0 unspecified atom stereocenters. The van der Waals surface area contributed by atoms with Gasteiger partial charge in [-0.2, -0.15) is 0 Å². The summed E-state index contributed by atoms with van der Waals surface area (Å²) in [4.78, 5) is 11.4. The second-order valence-electron chi connectivity index (χ2n) is 8.78. The highest BCUT2D eigenvalue weighted by atomic mass is 16.5. The van der Waals surface area contributed by atoms with Crippen LogP contribution in [0.1, 0.15) is 78.6 Å². The summed E-state index contributed by atoms with van der Waals surface area (Å²) in [5.74, 6) is 1.79. The van der Waals surface area contributed by atoms with Gasteiger partial charge >= 0.3 is 5.97 Å². The quantitative estimate of drug-likeness (QED) is 0.561. The molecule has 2 saturated carbocycles. The van der Waals surface area contributed by atoms with Crippen molar-refractivity contribution in [3.05, 3.63) is 11.6 Å². The molecule has 1 N–H and O–H groups in total. The molecule has 0 aliphatic heterocycles. The summed E-state index contributed by atoms with van der Waals surface area (Å²) < 4.78 is 5.61. The predicted octanol–water partition coefficient (Wildman–Crippen LogP) is 4.63. The summed E-state index contributed by atoms with van der Waals surface area (Å²) in [5.41, 5.74) is 1.80. The van der Waals surface area contributed by atoms with Crippen LogP contribution in [0.2, 0.25) is 0 Å². The van der Waals surface area contributed by atoms with Crippen molar-refractivity contribution in [3.63, 3.8) is 0 Å². The highest BCUT2D eigenvalue weighted by Gasteiger charge is 2.46. The van der Waals surface area contributed by atoms with Gasteiger partial charge in [0.15, 0.2) is 0 Å². The maximum Gasteiger partial charge on any atom is 0.302 e. The minimum Gasteiger partial charge on any atom is -0.462 e. The topological polar surface area (TPSA) is 46.5 Å². The molecule has 24 heavy (non-hydrogen) atoms. The second kappa shape index (κ2) is 7.19. The van der Waals surface area contributed by atoms with Crippen molar-refractivity contribution in [1.29, 1.82) is 0 Å². The van der Waals surface area contributed by atoms with Crippen LogP contribution in [0, 0.1) is 23.2 Å². The van der Waals surface area contributed by atoms with E-state index in [2.05, 4.69) is 19.9 Å². The minimum atomic E-state index is -0.138. The Labute approximate surface area is 146 Å². The van der Waals surface area contributed by atoms with Crippen molar-refractivity contribution in [1.82, 2.24) is 0 Å². The van der Waals surface area contributed by atoms with E-state index in [1.54, 1.807) is 0 Å². The third kappa shape index (κ3) is 3.56. The van der Waals surface area contributed by atoms with Crippen LogP contribution < -0.4 is 0 Å². The maximum atomic E-state index is 11.4. The van der Waals surface area contributed by atoms with Crippen molar-refractivity contribution in [2.24, 2.45) is 23.2 Å². The number of ether oxygens (including phenoxy) is 1. The number of fused-ring (bicyclic) bond motifs is 3. The molecule has 3 aliphatic carbocycles. The fourth-order valence-corrected chi connectivity index (χ4v) is 5.69. The Kier molecular flexibility index (Phi) is 5.39. The lowest BCUT2D eigenvalue weighted by Crippen LogP contribution is -2.42. The minimum absolute atomic E-state index is 0.0936. The number of aliphatic hydroxyl groups is 1. The van der Waals surface area contributed by atoms with Crippen LogP contribution in [-0.2, 0) is 9.53 Å². The molecule has 6 atom stereocenters. The first-order chi connectivity index (χ1) is 11.4. The Bertz CT molecular complexity index is 497. The van der Waals surface area contributed by atoms with Crippen LogP contribution in [-0.4, -0.2) is 23.3 Å². The third-order valence-electron chi connectivity index (χ3n) is 7.19. The first kappa shape index (κ1) is 18.0. The SMILES string of the molecule is CC(=O)O[C@@H]1CCC[C@@H]2CC=C3C[C@@H](O)CC[C@]3(C)[C@H]2CC[C@@H]1C. The van der Waals surface area contributed by atoms with Crippen LogP contribution in [0.4, 0.5) is 0 Å². The molecule has 0 aromatic carbocycles. The Balaban J connectivity index is 1.77. The van der Waals surface area contributed by atoms with Crippen LogP contribution in [0.3, 0.4) is 0 Å². The number of aliphatic hydroxyl groups excluding tert-OH is 1. The van der Waals surface area contributed by atoms with E-state index in [9.17, 15) is 9.90 Å². The monoisotopic (exact) mass is 334 g/mol. The fraction of sp³-hybridized carbons (Fsp3) is 0.857. The highest BCUT2D eigenvalue weighted by Crippen LogP contribution is 2.55. The normalized spacial score (nSPS) is 43.3. The molecule has 0 bridgehead atoms. The molecule has 0 saturated heterocycles. The van der Waals surface area contributed by atoms with E-state index in [4.69, 9.17) is 4.74 Å². The lowest BCUT2D eigenvalue weighted by atomic mass is 9.55. The van der Waals surface area contributed by atoms with Gasteiger partial charge in [0.2, 0.25) is 0 Å². The van der Waals surface area contributed by atoms with Gasteiger partial charge in [-0.25, -0.2) is 0 Å². The molecule has 0 amide bonds. The van der Waals surface area contributed by atoms with Gasteiger partial charge in [0.05, 0.1) is 6.10 Å². The lowest BCUT2D eigenvalue weighted by molar-refractivity contribution is -0.149. The van der Waals surface area contributed by atoms with Crippen molar-refractivity contribution in [2.75, 3.05) is 0 Å². The summed E-state index contributed by atoms with van der Waals surface area (Å²) in [6.45, 7) is 6.23. The number of carbonyl (C=O) groups excluding carboxylic acids is 1. The fourth-order valence-electron chi connectivity index (χ4n) is 5.69. The van der Waals surface area contributed by atoms with E-state index in [1.807, 2.05) is 0 Å². The van der Waals surface area contributed by atoms with Gasteiger partial charge in [0, 0.05) is 6.92 Å². The Hall–Kier alpha value is -0.830. The average molecular weight is 335 g/mol. The van der Waals surface area contributed by atoms with Gasteiger partial charge in [-0.15, -0.1) is 0 Å². The first-order valence-corrected chi connectivity index (χ1v) is 9.95. The van der Waals surface area contributed by atoms with Crippen molar-refractivity contribution in [2.45, 2.75) is 90.8 Å². The van der Waals surface area contributed by atoms with E-state index in [0.29, 0.717) is 5.92 Å². The van der Waals surface area contributed by atoms with E-state index < -0.39 is 0 Å². The van der Waals surface area contributed by atoms with Crippen molar-refractivity contribution in [3.8, 4) is 0 Å². The smallest absolute Gasteiger partial charge is 0.302 e. The molecule has 0 heterocycles. The Morgan fingerprint density at radius 2 is 2.04 bits per heavy atom. The number of hydrogen-bond donors (Lipinski definition) is 1. The van der Waals surface area contributed by atoms with Crippen LogP contribution in [0.25, 0.3) is 0 Å². The summed E-state index contributed by atoms with van der Waals surface area (Å²) in [6.07, 6.45) is 12.3. The number of hydrogen-bond acceptors (Lipinski definition) is 3. The summed E-state index contributed by atoms with van der Waals surface area (Å²) in [5, 5.41) is 10.1. The molecule has 0 aromatic rings.